The molecule has 21 heavy (non-hydrogen) atoms. The Morgan fingerprint density at radius 3 is 2.71 bits per heavy atom. The van der Waals surface area contributed by atoms with Crippen molar-refractivity contribution in [3.05, 3.63) is 23.5 Å². The second-order valence-electron chi connectivity index (χ2n) is 5.67. The molecule has 0 radical (unpaired) electrons. The van der Waals surface area contributed by atoms with Crippen molar-refractivity contribution in [2.75, 3.05) is 20.7 Å². The Hall–Kier alpha value is -1.62. The SMILES string of the molecule is Cc1ccc(OCCCC(=O)N(C)C)c(CNC(C)C)n1. The van der Waals surface area contributed by atoms with Crippen LogP contribution in [-0.2, 0) is 11.3 Å². The summed E-state index contributed by atoms with van der Waals surface area (Å²) in [5, 5.41) is 3.35. The van der Waals surface area contributed by atoms with Crippen molar-refractivity contribution in [2.45, 2.75) is 46.2 Å². The third-order valence-electron chi connectivity index (χ3n) is 3.04. The molecule has 0 saturated carbocycles. The molecule has 5 heteroatoms. The summed E-state index contributed by atoms with van der Waals surface area (Å²) < 4.78 is 5.78. The molecule has 0 atom stereocenters. The molecular formula is C16H27N3O2. The number of aromatic nitrogens is 1. The first-order chi connectivity index (χ1) is 9.90. The number of rotatable bonds is 8. The second kappa shape index (κ2) is 8.62. The summed E-state index contributed by atoms with van der Waals surface area (Å²) in [5.74, 6) is 0.924. The van der Waals surface area contributed by atoms with Crippen LogP contribution in [0.4, 0.5) is 0 Å². The van der Waals surface area contributed by atoms with Crippen molar-refractivity contribution in [2.24, 2.45) is 0 Å². The van der Waals surface area contributed by atoms with E-state index in [1.54, 1.807) is 19.0 Å². The molecule has 0 fully saturated rings. The van der Waals surface area contributed by atoms with Crippen molar-refractivity contribution in [3.8, 4) is 5.75 Å². The van der Waals surface area contributed by atoms with Crippen LogP contribution in [0.2, 0.25) is 0 Å². The Bertz CT molecular complexity index is 459. The average molecular weight is 293 g/mol. The highest BCUT2D eigenvalue weighted by Crippen LogP contribution is 2.17. The van der Waals surface area contributed by atoms with Gasteiger partial charge < -0.3 is 15.0 Å². The molecular weight excluding hydrogens is 266 g/mol. The van der Waals surface area contributed by atoms with Crippen LogP contribution in [0.25, 0.3) is 0 Å². The van der Waals surface area contributed by atoms with E-state index in [1.165, 1.54) is 0 Å². The van der Waals surface area contributed by atoms with Crippen LogP contribution in [0.1, 0.15) is 38.1 Å². The van der Waals surface area contributed by atoms with Crippen LogP contribution in [0.3, 0.4) is 0 Å². The Labute approximate surface area is 127 Å². The van der Waals surface area contributed by atoms with E-state index in [0.29, 0.717) is 32.0 Å². The summed E-state index contributed by atoms with van der Waals surface area (Å²) >= 11 is 0. The maximum Gasteiger partial charge on any atom is 0.222 e. The molecule has 1 N–H and O–H groups in total. The first-order valence-corrected chi connectivity index (χ1v) is 7.43. The number of ether oxygens (including phenoxy) is 1. The summed E-state index contributed by atoms with van der Waals surface area (Å²) in [6.45, 7) is 7.38. The standard InChI is InChI=1S/C16H27N3O2/c1-12(2)17-11-14-15(9-8-13(3)18-14)21-10-6-7-16(20)19(4)5/h8-9,12,17H,6-7,10-11H2,1-5H3. The molecule has 0 aliphatic rings. The van der Waals surface area contributed by atoms with Crippen molar-refractivity contribution in [1.82, 2.24) is 15.2 Å². The predicted octanol–water partition coefficient (Wildman–Crippen LogP) is 2.14. The van der Waals surface area contributed by atoms with Gasteiger partial charge in [0.2, 0.25) is 5.91 Å². The molecule has 0 aromatic carbocycles. The van der Waals surface area contributed by atoms with Crippen LogP contribution >= 0.6 is 0 Å². The number of carbonyl (C=O) groups is 1. The van der Waals surface area contributed by atoms with Crippen molar-refractivity contribution >= 4 is 5.91 Å². The number of amides is 1. The third kappa shape index (κ3) is 6.58. The van der Waals surface area contributed by atoms with E-state index >= 15 is 0 Å². The summed E-state index contributed by atoms with van der Waals surface area (Å²) in [6, 6.07) is 4.30. The Morgan fingerprint density at radius 2 is 2.10 bits per heavy atom. The lowest BCUT2D eigenvalue weighted by molar-refractivity contribution is -0.128. The van der Waals surface area contributed by atoms with Gasteiger partial charge in [0.05, 0.1) is 12.3 Å². The van der Waals surface area contributed by atoms with Gasteiger partial charge >= 0.3 is 0 Å². The van der Waals surface area contributed by atoms with E-state index < -0.39 is 0 Å². The Kier molecular flexibility index (Phi) is 7.15. The lowest BCUT2D eigenvalue weighted by Crippen LogP contribution is -2.23. The zero-order valence-corrected chi connectivity index (χ0v) is 13.8. The topological polar surface area (TPSA) is 54.5 Å². The number of nitrogens with zero attached hydrogens (tertiary/aromatic N) is 2. The maximum absolute atomic E-state index is 11.5. The van der Waals surface area contributed by atoms with Crippen LogP contribution in [0.15, 0.2) is 12.1 Å². The molecule has 1 aromatic rings. The molecule has 0 bridgehead atoms. The van der Waals surface area contributed by atoms with E-state index in [9.17, 15) is 4.79 Å². The van der Waals surface area contributed by atoms with Gasteiger partial charge in [-0.05, 0) is 25.5 Å². The molecule has 0 saturated heterocycles. The van der Waals surface area contributed by atoms with Gasteiger partial charge in [-0.25, -0.2) is 0 Å². The quantitative estimate of drug-likeness (QED) is 0.746. The first-order valence-electron chi connectivity index (χ1n) is 7.43. The van der Waals surface area contributed by atoms with E-state index in [2.05, 4.69) is 24.1 Å². The maximum atomic E-state index is 11.5. The predicted molar refractivity (Wildman–Crippen MR) is 84.4 cm³/mol. The Balaban J connectivity index is 2.51. The molecule has 118 valence electrons. The summed E-state index contributed by atoms with van der Waals surface area (Å²) in [6.07, 6.45) is 1.22. The minimum Gasteiger partial charge on any atom is -0.492 e. The van der Waals surface area contributed by atoms with Gasteiger partial charge in [0.1, 0.15) is 5.75 Å². The second-order valence-corrected chi connectivity index (χ2v) is 5.67. The largest absolute Gasteiger partial charge is 0.492 e. The molecule has 1 rings (SSSR count). The minimum atomic E-state index is 0.127. The van der Waals surface area contributed by atoms with Gasteiger partial charge in [-0.3, -0.25) is 9.78 Å². The van der Waals surface area contributed by atoms with Gasteiger partial charge in [-0.15, -0.1) is 0 Å². The molecule has 0 aliphatic carbocycles. The van der Waals surface area contributed by atoms with Gasteiger partial charge in [0.25, 0.3) is 0 Å². The number of carbonyl (C=O) groups excluding carboxylic acids is 1. The lowest BCUT2D eigenvalue weighted by Gasteiger charge is -2.14. The third-order valence-corrected chi connectivity index (χ3v) is 3.04. The molecule has 0 spiro atoms. The summed E-state index contributed by atoms with van der Waals surface area (Å²) in [4.78, 5) is 17.6. The summed E-state index contributed by atoms with van der Waals surface area (Å²) in [7, 11) is 3.53. The van der Waals surface area contributed by atoms with Crippen LogP contribution in [-0.4, -0.2) is 42.5 Å². The van der Waals surface area contributed by atoms with E-state index in [4.69, 9.17) is 4.74 Å². The fourth-order valence-corrected chi connectivity index (χ4v) is 1.79. The van der Waals surface area contributed by atoms with Gasteiger partial charge in [-0.2, -0.15) is 0 Å². The zero-order valence-electron chi connectivity index (χ0n) is 13.8. The van der Waals surface area contributed by atoms with Crippen molar-refractivity contribution in [1.29, 1.82) is 0 Å². The highest BCUT2D eigenvalue weighted by atomic mass is 16.5. The first kappa shape index (κ1) is 17.4. The minimum absolute atomic E-state index is 0.127. The molecule has 1 heterocycles. The van der Waals surface area contributed by atoms with Crippen molar-refractivity contribution in [3.63, 3.8) is 0 Å². The Morgan fingerprint density at radius 1 is 1.38 bits per heavy atom. The smallest absolute Gasteiger partial charge is 0.222 e. The molecule has 0 aliphatic heterocycles. The monoisotopic (exact) mass is 293 g/mol. The number of aryl methyl sites for hydroxylation is 1. The fraction of sp³-hybridized carbons (Fsp3) is 0.625. The van der Waals surface area contributed by atoms with E-state index in [-0.39, 0.29) is 5.91 Å². The number of hydrogen-bond donors (Lipinski definition) is 1. The zero-order chi connectivity index (χ0) is 15.8. The van der Waals surface area contributed by atoms with E-state index in [1.807, 2.05) is 19.1 Å². The van der Waals surface area contributed by atoms with Crippen LogP contribution < -0.4 is 10.1 Å². The van der Waals surface area contributed by atoms with Gasteiger partial charge in [0.15, 0.2) is 0 Å². The number of pyridine rings is 1. The van der Waals surface area contributed by atoms with E-state index in [0.717, 1.165) is 17.1 Å². The lowest BCUT2D eigenvalue weighted by atomic mass is 10.2. The highest BCUT2D eigenvalue weighted by molar-refractivity contribution is 5.75. The fourth-order valence-electron chi connectivity index (χ4n) is 1.79. The summed E-state index contributed by atoms with van der Waals surface area (Å²) in [5.41, 5.74) is 1.90. The number of nitrogens with one attached hydrogen (secondary N) is 1. The molecule has 1 aromatic heterocycles. The normalized spacial score (nSPS) is 10.8. The highest BCUT2D eigenvalue weighted by Gasteiger charge is 2.08. The van der Waals surface area contributed by atoms with Crippen molar-refractivity contribution < 1.29 is 9.53 Å². The average Bonchev–Trinajstić information content (AvgIpc) is 2.42. The molecule has 1 amide bonds. The molecule has 5 nitrogen and oxygen atoms in total. The van der Waals surface area contributed by atoms with Crippen LogP contribution in [0, 0.1) is 6.92 Å². The van der Waals surface area contributed by atoms with Gasteiger partial charge in [-0.1, -0.05) is 13.8 Å². The van der Waals surface area contributed by atoms with Crippen LogP contribution in [0.5, 0.6) is 5.75 Å². The molecule has 0 unspecified atom stereocenters. The number of hydrogen-bond acceptors (Lipinski definition) is 4. The van der Waals surface area contributed by atoms with Gasteiger partial charge in [0, 0.05) is 38.8 Å².